The Morgan fingerprint density at radius 2 is 1.94 bits per heavy atom. The third-order valence-electron chi connectivity index (χ3n) is 5.51. The van der Waals surface area contributed by atoms with Gasteiger partial charge in [0.1, 0.15) is 23.2 Å². The second-order valence-electron chi connectivity index (χ2n) is 7.66. The van der Waals surface area contributed by atoms with E-state index in [9.17, 15) is 20.5 Å². The summed E-state index contributed by atoms with van der Waals surface area (Å²) in [6.45, 7) is 0. The zero-order valence-electron chi connectivity index (χ0n) is 18.9. The molecule has 3 aromatic carbocycles. The number of hydrogen-bond acceptors (Lipinski definition) is 8. The van der Waals surface area contributed by atoms with Crippen LogP contribution in [-0.2, 0) is 0 Å². The number of hydrogen-bond donors (Lipinski definition) is 2. The van der Waals surface area contributed by atoms with E-state index < -0.39 is 4.92 Å². The fourth-order valence-corrected chi connectivity index (χ4v) is 4.73. The number of aliphatic hydroxyl groups excluding tert-OH is 1. The number of allylic oxidation sites excluding steroid dienone is 1. The van der Waals surface area contributed by atoms with Gasteiger partial charge in [-0.2, -0.15) is 5.26 Å². The van der Waals surface area contributed by atoms with Gasteiger partial charge in [0, 0.05) is 12.1 Å². The van der Waals surface area contributed by atoms with Crippen LogP contribution in [0.1, 0.15) is 5.82 Å². The number of methoxy groups -OCH3 is 1. The number of aromatic nitrogens is 4. The molecule has 36 heavy (non-hydrogen) atoms. The molecule has 0 saturated carbocycles. The Morgan fingerprint density at radius 1 is 1.17 bits per heavy atom. The van der Waals surface area contributed by atoms with Crippen LogP contribution in [-0.4, -0.2) is 42.4 Å². The molecular weight excluding hydrogens is 480 g/mol. The highest BCUT2D eigenvalue weighted by atomic mass is 32.2. The average Bonchev–Trinajstić information content (AvgIpc) is 3.48. The third kappa shape index (κ3) is 4.10. The molecule has 0 spiro atoms. The van der Waals surface area contributed by atoms with Crippen LogP contribution in [0.15, 0.2) is 77.6 Å². The number of non-ortho nitro benzene ring substituents is 1. The first kappa shape index (κ1) is 22.9. The molecular formula is C25H18N6O4S. The van der Waals surface area contributed by atoms with Gasteiger partial charge in [0.15, 0.2) is 11.0 Å². The minimum Gasteiger partial charge on any atom is -0.510 e. The van der Waals surface area contributed by atoms with Crippen molar-refractivity contribution in [3.8, 4) is 17.5 Å². The zero-order valence-corrected chi connectivity index (χ0v) is 19.7. The summed E-state index contributed by atoms with van der Waals surface area (Å²) >= 11 is 1.18. The molecule has 0 amide bonds. The predicted molar refractivity (Wildman–Crippen MR) is 136 cm³/mol. The number of nitriles is 1. The molecule has 0 aliphatic rings. The van der Waals surface area contributed by atoms with Crippen LogP contribution < -0.4 is 4.74 Å². The molecule has 11 heteroatoms. The Kier molecular flexibility index (Phi) is 6.02. The van der Waals surface area contributed by atoms with Crippen LogP contribution >= 0.6 is 11.8 Å². The SMILES string of the molecule is COc1ccccc1-n1c(SCC(O)=C(C#N)c2nc3ccccc3[nH]2)nc2cc([N+](=O)[O-])ccc21. The lowest BCUT2D eigenvalue weighted by Crippen LogP contribution is -2.01. The summed E-state index contributed by atoms with van der Waals surface area (Å²) in [5.74, 6) is 0.689. The first-order valence-electron chi connectivity index (χ1n) is 10.7. The Labute approximate surface area is 208 Å². The lowest BCUT2D eigenvalue weighted by Gasteiger charge is -2.13. The minimum absolute atomic E-state index is 0.0144. The van der Waals surface area contributed by atoms with Crippen molar-refractivity contribution in [2.45, 2.75) is 5.16 Å². The molecule has 10 nitrogen and oxygen atoms in total. The molecule has 5 rings (SSSR count). The van der Waals surface area contributed by atoms with Crippen LogP contribution in [0.3, 0.4) is 0 Å². The average molecular weight is 499 g/mol. The van der Waals surface area contributed by atoms with E-state index in [1.54, 1.807) is 19.2 Å². The molecule has 2 heterocycles. The maximum atomic E-state index is 11.3. The second kappa shape index (κ2) is 9.44. The monoisotopic (exact) mass is 498 g/mol. The Hall–Kier alpha value is -4.82. The summed E-state index contributed by atoms with van der Waals surface area (Å²) < 4.78 is 7.33. The number of aliphatic hydroxyl groups is 1. The van der Waals surface area contributed by atoms with E-state index >= 15 is 0 Å². The quantitative estimate of drug-likeness (QED) is 0.0998. The Morgan fingerprint density at radius 3 is 2.69 bits per heavy atom. The summed E-state index contributed by atoms with van der Waals surface area (Å²) in [5.41, 5.74) is 3.10. The number of para-hydroxylation sites is 4. The number of rotatable bonds is 7. The first-order chi connectivity index (χ1) is 17.5. The Bertz CT molecular complexity index is 1670. The molecule has 0 atom stereocenters. The van der Waals surface area contributed by atoms with Gasteiger partial charge in [-0.15, -0.1) is 0 Å². The molecule has 2 N–H and O–H groups in total. The van der Waals surface area contributed by atoms with Crippen LogP contribution in [0.2, 0.25) is 0 Å². The van der Waals surface area contributed by atoms with Crippen molar-refractivity contribution in [2.75, 3.05) is 12.9 Å². The number of benzene rings is 3. The summed E-state index contributed by atoms with van der Waals surface area (Å²) in [4.78, 5) is 22.9. The van der Waals surface area contributed by atoms with Crippen LogP contribution in [0.25, 0.3) is 33.3 Å². The van der Waals surface area contributed by atoms with Gasteiger partial charge in [0.2, 0.25) is 0 Å². The highest BCUT2D eigenvalue weighted by Gasteiger charge is 2.20. The van der Waals surface area contributed by atoms with Gasteiger partial charge in [0.25, 0.3) is 5.69 Å². The minimum atomic E-state index is -0.477. The fraction of sp³-hybridized carbons (Fsp3) is 0.0800. The number of H-pyrrole nitrogens is 1. The molecule has 5 aromatic rings. The number of ether oxygens (including phenoxy) is 1. The Balaban J connectivity index is 1.57. The van der Waals surface area contributed by atoms with Crippen molar-refractivity contribution in [3.63, 3.8) is 0 Å². The molecule has 2 aromatic heterocycles. The number of nitrogens with one attached hydrogen (secondary N) is 1. The van der Waals surface area contributed by atoms with E-state index in [4.69, 9.17) is 4.74 Å². The van der Waals surface area contributed by atoms with Gasteiger partial charge in [-0.3, -0.25) is 14.7 Å². The fourth-order valence-electron chi connectivity index (χ4n) is 3.83. The third-order valence-corrected chi connectivity index (χ3v) is 6.46. The zero-order chi connectivity index (χ0) is 25.2. The number of fused-ring (bicyclic) bond motifs is 2. The summed E-state index contributed by atoms with van der Waals surface area (Å²) in [5, 5.41) is 32.3. The van der Waals surface area contributed by atoms with E-state index in [1.165, 1.54) is 23.9 Å². The summed E-state index contributed by atoms with van der Waals surface area (Å²) in [7, 11) is 1.55. The molecule has 0 fully saturated rings. The molecule has 0 bridgehead atoms. The van der Waals surface area contributed by atoms with Gasteiger partial charge in [-0.05, 0) is 30.3 Å². The van der Waals surface area contributed by atoms with Gasteiger partial charge in [-0.25, -0.2) is 9.97 Å². The molecule has 0 saturated heterocycles. The van der Waals surface area contributed by atoms with Gasteiger partial charge < -0.3 is 14.8 Å². The maximum absolute atomic E-state index is 11.3. The topological polar surface area (TPSA) is 143 Å². The standard InChI is InChI=1S/C25H18N6O4S/c1-35-23-9-5-4-8-21(23)30-20-11-10-15(31(33)34)12-19(20)29-25(30)36-14-22(32)16(13-26)24-27-17-6-2-3-7-18(17)28-24/h2-12,32H,14H2,1H3,(H,27,28). The second-order valence-corrected chi connectivity index (χ2v) is 8.60. The number of aromatic amines is 1. The van der Waals surface area contributed by atoms with Gasteiger partial charge >= 0.3 is 0 Å². The molecule has 178 valence electrons. The van der Waals surface area contributed by atoms with Gasteiger partial charge in [-0.1, -0.05) is 36.0 Å². The lowest BCUT2D eigenvalue weighted by molar-refractivity contribution is -0.384. The van der Waals surface area contributed by atoms with Crippen LogP contribution in [0, 0.1) is 21.4 Å². The van der Waals surface area contributed by atoms with E-state index in [1.807, 2.05) is 53.1 Å². The van der Waals surface area contributed by atoms with E-state index in [0.29, 0.717) is 33.1 Å². The molecule has 0 aliphatic carbocycles. The van der Waals surface area contributed by atoms with Gasteiger partial charge in [0.05, 0.1) is 45.5 Å². The smallest absolute Gasteiger partial charge is 0.271 e. The van der Waals surface area contributed by atoms with Crippen molar-refractivity contribution in [2.24, 2.45) is 0 Å². The number of nitro groups is 1. The highest BCUT2D eigenvalue weighted by molar-refractivity contribution is 7.99. The first-order valence-corrected chi connectivity index (χ1v) is 11.7. The van der Waals surface area contributed by atoms with Crippen molar-refractivity contribution in [3.05, 3.63) is 88.4 Å². The number of thioether (sulfide) groups is 1. The number of nitrogens with zero attached hydrogens (tertiary/aromatic N) is 5. The summed E-state index contributed by atoms with van der Waals surface area (Å²) in [6.07, 6.45) is 0. The number of imidazole rings is 2. The lowest BCUT2D eigenvalue weighted by atomic mass is 10.2. The van der Waals surface area contributed by atoms with Crippen LogP contribution in [0.5, 0.6) is 5.75 Å². The molecule has 0 radical (unpaired) electrons. The number of nitro benzene ring substituents is 1. The molecule has 0 unspecified atom stereocenters. The van der Waals surface area contributed by atoms with Crippen molar-refractivity contribution >= 4 is 45.1 Å². The van der Waals surface area contributed by atoms with E-state index in [2.05, 4.69) is 15.0 Å². The largest absolute Gasteiger partial charge is 0.510 e. The van der Waals surface area contributed by atoms with E-state index in [0.717, 1.165) is 5.52 Å². The van der Waals surface area contributed by atoms with E-state index in [-0.39, 0.29) is 28.6 Å². The van der Waals surface area contributed by atoms with Crippen molar-refractivity contribution in [1.82, 2.24) is 19.5 Å². The summed E-state index contributed by atoms with van der Waals surface area (Å²) in [6, 6.07) is 21.1. The highest BCUT2D eigenvalue weighted by Crippen LogP contribution is 2.34. The normalized spacial score (nSPS) is 11.9. The van der Waals surface area contributed by atoms with Crippen molar-refractivity contribution < 1.29 is 14.8 Å². The predicted octanol–water partition coefficient (Wildman–Crippen LogP) is 5.40. The molecule has 0 aliphatic heterocycles. The van der Waals surface area contributed by atoms with Crippen molar-refractivity contribution in [1.29, 1.82) is 5.26 Å². The maximum Gasteiger partial charge on any atom is 0.271 e. The van der Waals surface area contributed by atoms with Crippen LogP contribution in [0.4, 0.5) is 5.69 Å².